The van der Waals surface area contributed by atoms with E-state index in [9.17, 15) is 14.0 Å². The van der Waals surface area contributed by atoms with Crippen LogP contribution in [-0.4, -0.2) is 44.6 Å². The van der Waals surface area contributed by atoms with E-state index in [0.29, 0.717) is 17.0 Å². The normalized spacial score (nSPS) is 15.0. The summed E-state index contributed by atoms with van der Waals surface area (Å²) in [4.78, 5) is 32.6. The van der Waals surface area contributed by atoms with Crippen LogP contribution in [-0.2, 0) is 0 Å². The highest BCUT2D eigenvalue weighted by Gasteiger charge is 2.31. The van der Waals surface area contributed by atoms with Gasteiger partial charge in [0.2, 0.25) is 5.82 Å². The monoisotopic (exact) mass is 454 g/mol. The number of rotatable bonds is 9. The third-order valence-electron chi connectivity index (χ3n) is 5.16. The Bertz CT molecular complexity index is 1160. The average molecular weight is 454 g/mol. The molecule has 2 atom stereocenters. The number of amides is 1. The van der Waals surface area contributed by atoms with Crippen LogP contribution in [0.2, 0.25) is 0 Å². The number of hydrogen-bond acceptors (Lipinski definition) is 8. The smallest absolute Gasteiger partial charge is 0.267 e. The Hall–Kier alpha value is -3.66. The maximum Gasteiger partial charge on any atom is 0.267 e. The number of nitrogens with zero attached hydrogens (tertiary/aromatic N) is 3. The van der Waals surface area contributed by atoms with Gasteiger partial charge in [-0.3, -0.25) is 9.59 Å². The van der Waals surface area contributed by atoms with Gasteiger partial charge in [0, 0.05) is 17.5 Å². The number of pyridine rings is 1. The van der Waals surface area contributed by atoms with Crippen molar-refractivity contribution in [2.75, 3.05) is 6.61 Å². The van der Waals surface area contributed by atoms with Crippen LogP contribution in [0.3, 0.4) is 0 Å². The molecule has 1 aromatic carbocycles. The van der Waals surface area contributed by atoms with E-state index in [0.717, 1.165) is 18.9 Å². The van der Waals surface area contributed by atoms with Gasteiger partial charge < -0.3 is 19.7 Å². The first-order chi connectivity index (χ1) is 15.9. The molecule has 2 aromatic heterocycles. The van der Waals surface area contributed by atoms with Crippen LogP contribution in [0.15, 0.2) is 41.1 Å². The van der Waals surface area contributed by atoms with Gasteiger partial charge in [-0.1, -0.05) is 11.2 Å². The topological polar surface area (TPSA) is 127 Å². The second kappa shape index (κ2) is 9.45. The summed E-state index contributed by atoms with van der Waals surface area (Å²) in [6.45, 7) is 3.05. The molecular formula is C23H23FN4O5. The number of halogens is 1. The molecule has 0 radical (unpaired) electrons. The molecular weight excluding hydrogens is 431 g/mol. The van der Waals surface area contributed by atoms with Crippen LogP contribution < -0.4 is 10.1 Å². The van der Waals surface area contributed by atoms with Crippen molar-refractivity contribution in [1.29, 1.82) is 0 Å². The number of nitrogens with one attached hydrogen (secondary N) is 1. The molecule has 33 heavy (non-hydrogen) atoms. The van der Waals surface area contributed by atoms with E-state index in [1.54, 1.807) is 26.0 Å². The molecule has 1 amide bonds. The number of carbonyl (C=O) groups excluding carboxylic acids is 2. The number of carbonyl (C=O) groups is 2. The third kappa shape index (κ3) is 5.23. The summed E-state index contributed by atoms with van der Waals surface area (Å²) in [5.74, 6) is -0.492. The fourth-order valence-electron chi connectivity index (χ4n) is 3.11. The summed E-state index contributed by atoms with van der Waals surface area (Å²) < 4.78 is 25.5. The zero-order chi connectivity index (χ0) is 23.5. The van der Waals surface area contributed by atoms with Gasteiger partial charge in [0.1, 0.15) is 17.3 Å². The second-order valence-corrected chi connectivity index (χ2v) is 7.99. The molecule has 0 saturated heterocycles. The van der Waals surface area contributed by atoms with E-state index in [1.807, 2.05) is 0 Å². The Kier molecular flexibility index (Phi) is 6.45. The molecule has 1 saturated carbocycles. The van der Waals surface area contributed by atoms with Crippen molar-refractivity contribution in [3.8, 4) is 17.1 Å². The van der Waals surface area contributed by atoms with E-state index < -0.39 is 23.9 Å². The molecule has 9 nitrogen and oxygen atoms in total. The number of aliphatic hydroxyl groups excluding tert-OH is 1. The van der Waals surface area contributed by atoms with Crippen LogP contribution >= 0.6 is 0 Å². The van der Waals surface area contributed by atoms with Gasteiger partial charge in [-0.05, 0) is 51.0 Å². The highest BCUT2D eigenvalue weighted by atomic mass is 19.1. The van der Waals surface area contributed by atoms with Gasteiger partial charge in [-0.2, -0.15) is 4.98 Å². The number of ether oxygens (including phenoxy) is 1. The molecule has 10 heteroatoms. The van der Waals surface area contributed by atoms with Gasteiger partial charge in [0.05, 0.1) is 18.4 Å². The van der Waals surface area contributed by atoms with Gasteiger partial charge in [-0.15, -0.1) is 0 Å². The highest BCUT2D eigenvalue weighted by molar-refractivity contribution is 5.97. The Morgan fingerprint density at radius 2 is 2.06 bits per heavy atom. The number of hydrogen-bond donors (Lipinski definition) is 2. The molecule has 0 spiro atoms. The number of Topliss-reactive ketones (excluding diaryl/α,β-unsaturated/α-hetero) is 1. The van der Waals surface area contributed by atoms with Crippen molar-refractivity contribution >= 4 is 11.7 Å². The molecule has 172 valence electrons. The molecule has 1 fully saturated rings. The highest BCUT2D eigenvalue weighted by Crippen LogP contribution is 2.32. The largest absolute Gasteiger partial charge is 0.479 e. The predicted molar refractivity (Wildman–Crippen MR) is 114 cm³/mol. The summed E-state index contributed by atoms with van der Waals surface area (Å²) in [7, 11) is 0. The van der Waals surface area contributed by atoms with E-state index in [4.69, 9.17) is 14.4 Å². The van der Waals surface area contributed by atoms with Crippen molar-refractivity contribution in [2.24, 2.45) is 5.92 Å². The molecule has 1 aliphatic carbocycles. The van der Waals surface area contributed by atoms with Crippen LogP contribution in [0.1, 0.15) is 59.5 Å². The molecule has 2 N–H and O–H groups in total. The summed E-state index contributed by atoms with van der Waals surface area (Å²) >= 11 is 0. The first kappa shape index (κ1) is 22.5. The second-order valence-electron chi connectivity index (χ2n) is 7.99. The number of benzene rings is 1. The lowest BCUT2D eigenvalue weighted by molar-refractivity contribution is 0.0917. The number of ketones is 1. The van der Waals surface area contributed by atoms with Gasteiger partial charge in [0.15, 0.2) is 11.9 Å². The summed E-state index contributed by atoms with van der Waals surface area (Å²) in [6, 6.07) is 6.75. The van der Waals surface area contributed by atoms with E-state index in [1.165, 1.54) is 18.3 Å². The fraction of sp³-hybridized carbons (Fsp3) is 0.348. The summed E-state index contributed by atoms with van der Waals surface area (Å²) in [6.07, 6.45) is 2.68. The maximum atomic E-state index is 14.5. The minimum Gasteiger partial charge on any atom is -0.479 e. The minimum atomic E-state index is -0.752. The van der Waals surface area contributed by atoms with E-state index >= 15 is 0 Å². The Labute approximate surface area is 189 Å². The van der Waals surface area contributed by atoms with Crippen LogP contribution in [0, 0.1) is 11.7 Å². The molecule has 2 heterocycles. The van der Waals surface area contributed by atoms with Crippen LogP contribution in [0.25, 0.3) is 11.4 Å². The van der Waals surface area contributed by atoms with Crippen molar-refractivity contribution in [3.63, 3.8) is 0 Å². The predicted octanol–water partition coefficient (Wildman–Crippen LogP) is 3.11. The lowest BCUT2D eigenvalue weighted by Gasteiger charge is -2.11. The molecule has 4 rings (SSSR count). The Morgan fingerprint density at radius 1 is 1.27 bits per heavy atom. The SMILES string of the molecule is C[C@H](CO)NC(=O)c1ccc(-c2noc([C@@H](C)Oc3ccc(C(=O)C4CC4)nc3)n2)cc1F. The summed E-state index contributed by atoms with van der Waals surface area (Å²) in [5.41, 5.74) is 0.587. The van der Waals surface area contributed by atoms with Crippen LogP contribution in [0.4, 0.5) is 4.39 Å². The lowest BCUT2D eigenvalue weighted by Crippen LogP contribution is -2.35. The van der Waals surface area contributed by atoms with E-state index in [-0.39, 0.29) is 35.6 Å². The molecule has 3 aromatic rings. The first-order valence-electron chi connectivity index (χ1n) is 10.6. The molecule has 0 unspecified atom stereocenters. The first-order valence-corrected chi connectivity index (χ1v) is 10.6. The number of aliphatic hydroxyl groups is 1. The minimum absolute atomic E-state index is 0.0507. The standard InChI is InChI=1S/C23H23FN4O5/c1-12(11-29)26-22(31)17-7-5-15(9-18(17)24)21-27-23(33-28-21)13(2)32-16-6-8-19(25-10-16)20(30)14-3-4-14/h5-10,12-14,29H,3-4,11H2,1-2H3,(H,26,31)/t12-,13-/m1/s1. The third-order valence-corrected chi connectivity index (χ3v) is 5.16. The lowest BCUT2D eigenvalue weighted by atomic mass is 10.1. The van der Waals surface area contributed by atoms with Crippen molar-refractivity contribution in [1.82, 2.24) is 20.4 Å². The molecule has 0 aliphatic heterocycles. The van der Waals surface area contributed by atoms with Gasteiger partial charge in [0.25, 0.3) is 11.8 Å². The average Bonchev–Trinajstić information content (AvgIpc) is 3.54. The Morgan fingerprint density at radius 3 is 2.70 bits per heavy atom. The quantitative estimate of drug-likeness (QED) is 0.472. The van der Waals surface area contributed by atoms with Crippen molar-refractivity contribution < 1.29 is 28.3 Å². The molecule has 1 aliphatic rings. The van der Waals surface area contributed by atoms with Gasteiger partial charge in [-0.25, -0.2) is 9.37 Å². The van der Waals surface area contributed by atoms with Crippen molar-refractivity contribution in [3.05, 3.63) is 59.5 Å². The zero-order valence-electron chi connectivity index (χ0n) is 18.1. The fourth-order valence-corrected chi connectivity index (χ4v) is 3.11. The number of aromatic nitrogens is 3. The van der Waals surface area contributed by atoms with Crippen LogP contribution in [0.5, 0.6) is 5.75 Å². The Balaban J connectivity index is 1.42. The maximum absolute atomic E-state index is 14.5. The van der Waals surface area contributed by atoms with Crippen molar-refractivity contribution in [2.45, 2.75) is 38.8 Å². The molecule has 0 bridgehead atoms. The summed E-state index contributed by atoms with van der Waals surface area (Å²) in [5, 5.41) is 15.4. The zero-order valence-corrected chi connectivity index (χ0v) is 18.1. The van der Waals surface area contributed by atoms with E-state index in [2.05, 4.69) is 20.4 Å². The van der Waals surface area contributed by atoms with Gasteiger partial charge >= 0.3 is 0 Å².